The van der Waals surface area contributed by atoms with Gasteiger partial charge >= 0.3 is 0 Å². The molecule has 0 radical (unpaired) electrons. The van der Waals surface area contributed by atoms with Gasteiger partial charge in [0.1, 0.15) is 0 Å². The Balaban J connectivity index is 2.70. The molecule has 1 N–H and O–H groups in total. The molecule has 0 saturated heterocycles. The molecule has 0 amide bonds. The number of rotatable bonds is 3. The van der Waals surface area contributed by atoms with Crippen LogP contribution >= 0.6 is 15.9 Å². The molecule has 2 aromatic rings. The van der Waals surface area contributed by atoms with Crippen LogP contribution in [0.2, 0.25) is 0 Å². The number of hydrogen-bond donors (Lipinski definition) is 1. The summed E-state index contributed by atoms with van der Waals surface area (Å²) in [7, 11) is 1.61. The number of hydrogen-bond acceptors (Lipinski definition) is 3. The van der Waals surface area contributed by atoms with E-state index in [1.807, 2.05) is 19.1 Å². The quantitative estimate of drug-likeness (QED) is 0.940. The van der Waals surface area contributed by atoms with Crippen molar-refractivity contribution in [3.05, 3.63) is 28.4 Å². The Morgan fingerprint density at radius 1 is 1.56 bits per heavy atom. The third-order valence-corrected chi connectivity index (χ3v) is 3.58. The average Bonchev–Trinajstić information content (AvgIpc) is 2.78. The number of aliphatic hydroxyl groups excluding tert-OH is 1. The minimum atomic E-state index is 0.0579. The molecule has 1 aromatic carbocycles. The fourth-order valence-corrected chi connectivity index (χ4v) is 2.52. The molecule has 1 heterocycles. The Kier molecular flexibility index (Phi) is 3.21. The molecule has 1 unspecified atom stereocenters. The van der Waals surface area contributed by atoms with Gasteiger partial charge in [0.15, 0.2) is 11.3 Å². The van der Waals surface area contributed by atoms with Gasteiger partial charge in [-0.1, -0.05) is 6.92 Å². The molecule has 2 rings (SSSR count). The SMILES string of the molecule is COc1cc(C(C)CO)c(Br)c2ccoc12. The topological polar surface area (TPSA) is 42.6 Å². The predicted molar refractivity (Wildman–Crippen MR) is 66.0 cm³/mol. The zero-order chi connectivity index (χ0) is 11.7. The van der Waals surface area contributed by atoms with Gasteiger partial charge in [-0.3, -0.25) is 0 Å². The number of halogens is 1. The highest BCUT2D eigenvalue weighted by Crippen LogP contribution is 2.38. The fourth-order valence-electron chi connectivity index (χ4n) is 1.71. The van der Waals surface area contributed by atoms with Gasteiger partial charge in [0, 0.05) is 22.4 Å². The highest BCUT2D eigenvalue weighted by molar-refractivity contribution is 9.10. The maximum atomic E-state index is 9.21. The molecule has 1 atom stereocenters. The van der Waals surface area contributed by atoms with Gasteiger partial charge in [-0.2, -0.15) is 0 Å². The standard InChI is InChI=1S/C12H13BrO3/c1-7(6-14)9-5-10(15-2)12-8(11(9)13)3-4-16-12/h3-5,7,14H,6H2,1-2H3. The Morgan fingerprint density at radius 2 is 2.31 bits per heavy atom. The molecular formula is C12H13BrO3. The fraction of sp³-hybridized carbons (Fsp3) is 0.333. The smallest absolute Gasteiger partial charge is 0.176 e. The van der Waals surface area contributed by atoms with E-state index in [4.69, 9.17) is 9.15 Å². The van der Waals surface area contributed by atoms with E-state index >= 15 is 0 Å². The molecule has 0 fully saturated rings. The summed E-state index contributed by atoms with van der Waals surface area (Å²) in [6.07, 6.45) is 1.63. The molecule has 0 aliphatic heterocycles. The van der Waals surface area contributed by atoms with Gasteiger partial charge in [-0.25, -0.2) is 0 Å². The van der Waals surface area contributed by atoms with E-state index < -0.39 is 0 Å². The van der Waals surface area contributed by atoms with Crippen LogP contribution in [0.5, 0.6) is 5.75 Å². The number of aliphatic hydroxyl groups is 1. The molecule has 0 bridgehead atoms. The van der Waals surface area contributed by atoms with Crippen molar-refractivity contribution in [1.82, 2.24) is 0 Å². The van der Waals surface area contributed by atoms with E-state index in [-0.39, 0.29) is 12.5 Å². The summed E-state index contributed by atoms with van der Waals surface area (Å²) < 4.78 is 11.6. The lowest BCUT2D eigenvalue weighted by Crippen LogP contribution is -2.01. The van der Waals surface area contributed by atoms with Crippen LogP contribution in [-0.2, 0) is 0 Å². The van der Waals surface area contributed by atoms with Crippen LogP contribution in [0.1, 0.15) is 18.4 Å². The van der Waals surface area contributed by atoms with E-state index in [0.29, 0.717) is 5.75 Å². The zero-order valence-corrected chi connectivity index (χ0v) is 10.7. The van der Waals surface area contributed by atoms with Gasteiger partial charge in [-0.05, 0) is 33.6 Å². The van der Waals surface area contributed by atoms with Crippen molar-refractivity contribution in [2.75, 3.05) is 13.7 Å². The lowest BCUT2D eigenvalue weighted by molar-refractivity contribution is 0.272. The van der Waals surface area contributed by atoms with Crippen molar-refractivity contribution in [3.63, 3.8) is 0 Å². The summed E-state index contributed by atoms with van der Waals surface area (Å²) in [4.78, 5) is 0. The van der Waals surface area contributed by atoms with Crippen molar-refractivity contribution >= 4 is 26.9 Å². The third-order valence-electron chi connectivity index (χ3n) is 2.69. The van der Waals surface area contributed by atoms with Crippen molar-refractivity contribution in [1.29, 1.82) is 0 Å². The number of furan rings is 1. The van der Waals surface area contributed by atoms with Crippen molar-refractivity contribution < 1.29 is 14.3 Å². The second-order valence-corrected chi connectivity index (χ2v) is 4.52. The molecule has 0 aliphatic carbocycles. The van der Waals surface area contributed by atoms with Crippen molar-refractivity contribution in [2.45, 2.75) is 12.8 Å². The third kappa shape index (κ3) is 1.72. The lowest BCUT2D eigenvalue weighted by Gasteiger charge is -2.13. The first-order valence-corrected chi connectivity index (χ1v) is 5.82. The maximum Gasteiger partial charge on any atom is 0.176 e. The Morgan fingerprint density at radius 3 is 2.94 bits per heavy atom. The summed E-state index contributed by atoms with van der Waals surface area (Å²) in [5.74, 6) is 0.751. The summed E-state index contributed by atoms with van der Waals surface area (Å²) in [6, 6.07) is 3.78. The zero-order valence-electron chi connectivity index (χ0n) is 9.16. The molecule has 16 heavy (non-hydrogen) atoms. The van der Waals surface area contributed by atoms with Crippen LogP contribution in [0.3, 0.4) is 0 Å². The van der Waals surface area contributed by atoms with Gasteiger partial charge in [0.05, 0.1) is 13.4 Å². The molecule has 86 valence electrons. The molecule has 3 nitrogen and oxygen atoms in total. The number of fused-ring (bicyclic) bond motifs is 1. The molecule has 4 heteroatoms. The molecule has 0 aliphatic rings. The predicted octanol–water partition coefficient (Wildman–Crippen LogP) is 3.30. The Bertz CT molecular complexity index is 504. The number of methoxy groups -OCH3 is 1. The van der Waals surface area contributed by atoms with Gasteiger partial charge < -0.3 is 14.3 Å². The Labute approximate surface area is 102 Å². The summed E-state index contributed by atoms with van der Waals surface area (Å²) in [5, 5.41) is 10.2. The van der Waals surface area contributed by atoms with Crippen LogP contribution < -0.4 is 4.74 Å². The molecular weight excluding hydrogens is 272 g/mol. The van der Waals surface area contributed by atoms with Gasteiger partial charge in [0.2, 0.25) is 0 Å². The second kappa shape index (κ2) is 4.47. The highest BCUT2D eigenvalue weighted by Gasteiger charge is 2.16. The van der Waals surface area contributed by atoms with Gasteiger partial charge in [0.25, 0.3) is 0 Å². The molecule has 1 aromatic heterocycles. The number of ether oxygens (including phenoxy) is 1. The Hall–Kier alpha value is -1.00. The van der Waals surface area contributed by atoms with Crippen LogP contribution in [-0.4, -0.2) is 18.8 Å². The first kappa shape index (κ1) is 11.5. The van der Waals surface area contributed by atoms with E-state index in [0.717, 1.165) is 21.0 Å². The van der Waals surface area contributed by atoms with E-state index in [9.17, 15) is 5.11 Å². The molecule has 0 spiro atoms. The van der Waals surface area contributed by atoms with Crippen molar-refractivity contribution in [3.8, 4) is 5.75 Å². The van der Waals surface area contributed by atoms with Crippen molar-refractivity contribution in [2.24, 2.45) is 0 Å². The minimum absolute atomic E-state index is 0.0579. The lowest BCUT2D eigenvalue weighted by atomic mass is 10.0. The largest absolute Gasteiger partial charge is 0.493 e. The van der Waals surface area contributed by atoms with E-state index in [2.05, 4.69) is 15.9 Å². The van der Waals surface area contributed by atoms with Crippen LogP contribution in [0.4, 0.5) is 0 Å². The summed E-state index contributed by atoms with van der Waals surface area (Å²) in [5.41, 5.74) is 1.75. The highest BCUT2D eigenvalue weighted by atomic mass is 79.9. The maximum absolute atomic E-state index is 9.21. The van der Waals surface area contributed by atoms with Crippen LogP contribution in [0, 0.1) is 0 Å². The monoisotopic (exact) mass is 284 g/mol. The average molecular weight is 285 g/mol. The molecule has 0 saturated carbocycles. The normalized spacial score (nSPS) is 13.0. The first-order chi connectivity index (χ1) is 7.69. The van der Waals surface area contributed by atoms with Crippen LogP contribution in [0.15, 0.2) is 27.3 Å². The summed E-state index contributed by atoms with van der Waals surface area (Å²) in [6.45, 7) is 2.07. The van der Waals surface area contributed by atoms with E-state index in [1.165, 1.54) is 0 Å². The van der Waals surface area contributed by atoms with Gasteiger partial charge in [-0.15, -0.1) is 0 Å². The van der Waals surface area contributed by atoms with Crippen LogP contribution in [0.25, 0.3) is 11.0 Å². The number of benzene rings is 1. The first-order valence-electron chi connectivity index (χ1n) is 5.03. The second-order valence-electron chi connectivity index (χ2n) is 3.73. The minimum Gasteiger partial charge on any atom is -0.493 e. The summed E-state index contributed by atoms with van der Waals surface area (Å²) >= 11 is 3.54. The van der Waals surface area contributed by atoms with E-state index in [1.54, 1.807) is 13.4 Å².